The Morgan fingerprint density at radius 3 is 2.00 bits per heavy atom. The van der Waals surface area contributed by atoms with Gasteiger partial charge in [-0.1, -0.05) is 44.9 Å². The summed E-state index contributed by atoms with van der Waals surface area (Å²) in [7, 11) is 0. The van der Waals surface area contributed by atoms with E-state index in [1.807, 2.05) is 0 Å². The number of hydrogen-bond acceptors (Lipinski definition) is 0. The van der Waals surface area contributed by atoms with E-state index in [1.165, 1.54) is 44.9 Å². The highest BCUT2D eigenvalue weighted by molar-refractivity contribution is 4.82. The molecule has 0 aromatic heterocycles. The summed E-state index contributed by atoms with van der Waals surface area (Å²) in [5, 5.41) is 0. The zero-order valence-corrected chi connectivity index (χ0v) is 8.47. The first-order valence-electron chi connectivity index (χ1n) is 6.02. The molecule has 0 heterocycles. The van der Waals surface area contributed by atoms with Gasteiger partial charge in [-0.2, -0.15) is 0 Å². The molecular weight excluding hydrogens is 163 g/mol. The summed E-state index contributed by atoms with van der Waals surface area (Å²) < 4.78 is 13.6. The topological polar surface area (TPSA) is 0 Å². The van der Waals surface area contributed by atoms with E-state index in [0.29, 0.717) is 5.92 Å². The first kappa shape index (κ1) is 9.48. The van der Waals surface area contributed by atoms with Gasteiger partial charge in [-0.25, -0.2) is 4.39 Å². The summed E-state index contributed by atoms with van der Waals surface area (Å²) in [4.78, 5) is 0. The van der Waals surface area contributed by atoms with E-state index in [-0.39, 0.29) is 0 Å². The van der Waals surface area contributed by atoms with Crippen LogP contribution in [0.5, 0.6) is 0 Å². The zero-order valence-electron chi connectivity index (χ0n) is 8.47. The minimum absolute atomic E-state index is 0.439. The fourth-order valence-electron chi connectivity index (χ4n) is 3.21. The van der Waals surface area contributed by atoms with Gasteiger partial charge < -0.3 is 0 Å². The monoisotopic (exact) mass is 184 g/mol. The van der Waals surface area contributed by atoms with E-state index in [2.05, 4.69) is 0 Å². The first-order valence-corrected chi connectivity index (χ1v) is 6.02. The summed E-state index contributed by atoms with van der Waals surface area (Å²) in [6, 6.07) is 0. The van der Waals surface area contributed by atoms with Crippen LogP contribution in [-0.4, -0.2) is 6.17 Å². The highest BCUT2D eigenvalue weighted by atomic mass is 19.1. The summed E-state index contributed by atoms with van der Waals surface area (Å²) in [6.07, 6.45) is 10.7. The van der Waals surface area contributed by atoms with E-state index >= 15 is 0 Å². The standard InChI is InChI=1S/C12H21F/c13-12-9-5-4-8-11(12)10-6-2-1-3-7-10/h10-12H,1-9H2/t11?,12-/m1/s1. The molecule has 0 aromatic carbocycles. The molecule has 1 heteroatoms. The third kappa shape index (κ3) is 2.24. The van der Waals surface area contributed by atoms with Crippen molar-refractivity contribution < 1.29 is 4.39 Å². The van der Waals surface area contributed by atoms with Crippen molar-refractivity contribution in [3.63, 3.8) is 0 Å². The van der Waals surface area contributed by atoms with Crippen molar-refractivity contribution in [1.29, 1.82) is 0 Å². The lowest BCUT2D eigenvalue weighted by atomic mass is 9.72. The molecule has 0 spiro atoms. The van der Waals surface area contributed by atoms with Crippen LogP contribution in [0.3, 0.4) is 0 Å². The Balaban J connectivity index is 1.88. The summed E-state index contributed by atoms with van der Waals surface area (Å²) in [6.45, 7) is 0. The molecule has 0 N–H and O–H groups in total. The molecule has 2 aliphatic carbocycles. The average molecular weight is 184 g/mol. The quantitative estimate of drug-likeness (QED) is 0.575. The van der Waals surface area contributed by atoms with Gasteiger partial charge in [0.15, 0.2) is 0 Å². The molecule has 2 fully saturated rings. The number of hydrogen-bond donors (Lipinski definition) is 0. The largest absolute Gasteiger partial charge is 0.247 e. The van der Waals surface area contributed by atoms with Crippen LogP contribution in [0.4, 0.5) is 4.39 Å². The van der Waals surface area contributed by atoms with Crippen molar-refractivity contribution in [3.05, 3.63) is 0 Å². The maximum absolute atomic E-state index is 13.6. The van der Waals surface area contributed by atoms with Crippen molar-refractivity contribution in [2.24, 2.45) is 11.8 Å². The van der Waals surface area contributed by atoms with Gasteiger partial charge in [-0.15, -0.1) is 0 Å². The van der Waals surface area contributed by atoms with Gasteiger partial charge >= 0.3 is 0 Å². The molecule has 0 nitrogen and oxygen atoms in total. The molecule has 76 valence electrons. The van der Waals surface area contributed by atoms with E-state index in [0.717, 1.165) is 18.8 Å². The molecular formula is C12H21F. The van der Waals surface area contributed by atoms with Gasteiger partial charge in [-0.05, 0) is 24.7 Å². The lowest BCUT2D eigenvalue weighted by Crippen LogP contribution is -2.29. The summed E-state index contributed by atoms with van der Waals surface area (Å²) in [5.41, 5.74) is 0. The van der Waals surface area contributed by atoms with Crippen LogP contribution in [0.2, 0.25) is 0 Å². The number of halogens is 1. The van der Waals surface area contributed by atoms with Crippen LogP contribution in [0.1, 0.15) is 57.8 Å². The molecule has 0 saturated heterocycles. The Bertz CT molecular complexity index is 149. The average Bonchev–Trinajstić information content (AvgIpc) is 2.20. The fourth-order valence-corrected chi connectivity index (χ4v) is 3.21. The molecule has 2 saturated carbocycles. The van der Waals surface area contributed by atoms with Crippen molar-refractivity contribution >= 4 is 0 Å². The van der Waals surface area contributed by atoms with Crippen LogP contribution in [0.15, 0.2) is 0 Å². The molecule has 2 rings (SSSR count). The van der Waals surface area contributed by atoms with Gasteiger partial charge in [0.05, 0.1) is 0 Å². The summed E-state index contributed by atoms with van der Waals surface area (Å²) >= 11 is 0. The number of alkyl halides is 1. The Labute approximate surface area is 80.9 Å². The molecule has 2 aliphatic rings. The Kier molecular flexibility index (Phi) is 3.23. The zero-order chi connectivity index (χ0) is 9.10. The van der Waals surface area contributed by atoms with Crippen molar-refractivity contribution in [3.8, 4) is 0 Å². The van der Waals surface area contributed by atoms with Gasteiger partial charge in [0, 0.05) is 0 Å². The Hall–Kier alpha value is -0.0700. The van der Waals surface area contributed by atoms with Gasteiger partial charge in [0.1, 0.15) is 6.17 Å². The maximum Gasteiger partial charge on any atom is 0.103 e. The lowest BCUT2D eigenvalue weighted by molar-refractivity contribution is 0.0923. The van der Waals surface area contributed by atoms with Crippen LogP contribution in [0, 0.1) is 11.8 Å². The van der Waals surface area contributed by atoms with E-state index in [1.54, 1.807) is 0 Å². The molecule has 1 unspecified atom stereocenters. The van der Waals surface area contributed by atoms with Crippen LogP contribution < -0.4 is 0 Å². The molecule has 0 aromatic rings. The Morgan fingerprint density at radius 2 is 1.31 bits per heavy atom. The highest BCUT2D eigenvalue weighted by Crippen LogP contribution is 2.39. The third-order valence-electron chi connectivity index (χ3n) is 3.99. The van der Waals surface area contributed by atoms with Gasteiger partial charge in [0.2, 0.25) is 0 Å². The Morgan fingerprint density at radius 1 is 0.692 bits per heavy atom. The SMILES string of the molecule is F[C@@H]1CCCCC1C1CCCCC1. The lowest BCUT2D eigenvalue weighted by Gasteiger charge is -2.35. The van der Waals surface area contributed by atoms with Crippen LogP contribution >= 0.6 is 0 Å². The predicted octanol–water partition coefficient (Wildman–Crippen LogP) is 4.10. The molecule has 0 radical (unpaired) electrons. The van der Waals surface area contributed by atoms with Gasteiger partial charge in [-0.3, -0.25) is 0 Å². The predicted molar refractivity (Wildman–Crippen MR) is 53.4 cm³/mol. The second kappa shape index (κ2) is 4.43. The van der Waals surface area contributed by atoms with Crippen molar-refractivity contribution in [2.75, 3.05) is 0 Å². The van der Waals surface area contributed by atoms with Crippen LogP contribution in [-0.2, 0) is 0 Å². The maximum atomic E-state index is 13.6. The summed E-state index contributed by atoms with van der Waals surface area (Å²) in [5.74, 6) is 1.18. The van der Waals surface area contributed by atoms with E-state index < -0.39 is 6.17 Å². The number of rotatable bonds is 1. The van der Waals surface area contributed by atoms with Crippen molar-refractivity contribution in [1.82, 2.24) is 0 Å². The highest BCUT2D eigenvalue weighted by Gasteiger charge is 2.32. The normalized spacial score (nSPS) is 37.6. The van der Waals surface area contributed by atoms with Crippen LogP contribution in [0.25, 0.3) is 0 Å². The van der Waals surface area contributed by atoms with E-state index in [9.17, 15) is 4.39 Å². The second-order valence-electron chi connectivity index (χ2n) is 4.86. The first-order chi connectivity index (χ1) is 6.38. The minimum atomic E-state index is -0.461. The smallest absolute Gasteiger partial charge is 0.103 e. The molecule has 0 aliphatic heterocycles. The molecule has 13 heavy (non-hydrogen) atoms. The molecule has 0 bridgehead atoms. The third-order valence-corrected chi connectivity index (χ3v) is 3.99. The van der Waals surface area contributed by atoms with E-state index in [4.69, 9.17) is 0 Å². The second-order valence-corrected chi connectivity index (χ2v) is 4.86. The van der Waals surface area contributed by atoms with Crippen molar-refractivity contribution in [2.45, 2.75) is 64.0 Å². The minimum Gasteiger partial charge on any atom is -0.247 e. The van der Waals surface area contributed by atoms with Gasteiger partial charge in [0.25, 0.3) is 0 Å². The molecule has 2 atom stereocenters. The fraction of sp³-hybridized carbons (Fsp3) is 1.00. The molecule has 0 amide bonds.